The van der Waals surface area contributed by atoms with E-state index < -0.39 is 23.3 Å². The summed E-state index contributed by atoms with van der Waals surface area (Å²) in [4.78, 5) is 30.3. The molecule has 2 aliphatic rings. The minimum atomic E-state index is -0.982. The Morgan fingerprint density at radius 3 is 2.82 bits per heavy atom. The molecule has 2 N–H and O–H groups in total. The van der Waals surface area contributed by atoms with Gasteiger partial charge in [0.15, 0.2) is 0 Å². The first kappa shape index (κ1) is 16.7. The maximum absolute atomic E-state index is 12.9. The number of rotatable bonds is 3. The van der Waals surface area contributed by atoms with Gasteiger partial charge in [0.25, 0.3) is 0 Å². The van der Waals surface area contributed by atoms with E-state index >= 15 is 0 Å². The number of carboxylic acids is 1. The van der Waals surface area contributed by atoms with Gasteiger partial charge in [0.05, 0.1) is 29.3 Å². The second-order valence-corrected chi connectivity index (χ2v) is 7.48. The maximum atomic E-state index is 12.9. The summed E-state index contributed by atoms with van der Waals surface area (Å²) < 4.78 is 0. The molecule has 0 fully saturated rings. The van der Waals surface area contributed by atoms with Crippen molar-refractivity contribution in [1.29, 1.82) is 0 Å². The molecule has 0 radical (unpaired) electrons. The Hall–Kier alpha value is -3.46. The number of benzene rings is 1. The van der Waals surface area contributed by atoms with E-state index in [2.05, 4.69) is 20.5 Å². The first-order chi connectivity index (χ1) is 13.6. The predicted octanol–water partition coefficient (Wildman–Crippen LogP) is 3.00. The van der Waals surface area contributed by atoms with Crippen LogP contribution in [0.4, 0.5) is 16.2 Å². The van der Waals surface area contributed by atoms with Gasteiger partial charge in [-0.1, -0.05) is 42.1 Å². The average Bonchev–Trinajstić information content (AvgIpc) is 3.09. The lowest BCUT2D eigenvalue weighted by Crippen LogP contribution is -2.47. The van der Waals surface area contributed by atoms with Crippen LogP contribution in [0.5, 0.6) is 0 Å². The highest BCUT2D eigenvalue weighted by molar-refractivity contribution is 8.00. The number of thioether (sulfide) groups is 1. The number of nitrogens with zero attached hydrogens (tertiary/aromatic N) is 4. The fourth-order valence-corrected chi connectivity index (χ4v) is 4.66. The van der Waals surface area contributed by atoms with E-state index in [0.29, 0.717) is 22.1 Å². The number of urea groups is 1. The number of hydrogen-bond acceptors (Lipinski definition) is 6. The quantitative estimate of drug-likeness (QED) is 0.706. The second-order valence-electron chi connectivity index (χ2n) is 6.35. The third kappa shape index (κ3) is 2.51. The highest BCUT2D eigenvalue weighted by atomic mass is 32.2. The van der Waals surface area contributed by atoms with Gasteiger partial charge >= 0.3 is 12.0 Å². The number of amides is 2. The molecule has 2 atom stereocenters. The van der Waals surface area contributed by atoms with Crippen LogP contribution in [0.2, 0.25) is 0 Å². The van der Waals surface area contributed by atoms with Gasteiger partial charge < -0.3 is 10.4 Å². The zero-order chi connectivity index (χ0) is 19.3. The number of carbonyl (C=O) groups excluding carboxylic acids is 1. The maximum Gasteiger partial charge on any atom is 0.327 e. The lowest BCUT2D eigenvalue weighted by molar-refractivity contribution is -0.136. The summed E-state index contributed by atoms with van der Waals surface area (Å²) in [6.45, 7) is 0. The summed E-state index contributed by atoms with van der Waals surface area (Å²) in [5.74, 6) is -0.982. The fraction of sp³-hybridized carbons (Fsp3) is 0.105. The van der Waals surface area contributed by atoms with Crippen LogP contribution in [0.3, 0.4) is 0 Å². The topological polar surface area (TPSA) is 108 Å². The number of pyridine rings is 1. The van der Waals surface area contributed by atoms with E-state index in [4.69, 9.17) is 0 Å². The van der Waals surface area contributed by atoms with Gasteiger partial charge in [-0.3, -0.25) is 9.69 Å². The van der Waals surface area contributed by atoms with E-state index in [-0.39, 0.29) is 0 Å². The van der Waals surface area contributed by atoms with Gasteiger partial charge in [-0.05, 0) is 12.1 Å². The number of aromatic nitrogens is 3. The lowest BCUT2D eigenvalue weighted by atomic mass is 10.0. The highest BCUT2D eigenvalue weighted by Gasteiger charge is 2.46. The van der Waals surface area contributed by atoms with Crippen molar-refractivity contribution in [3.8, 4) is 11.3 Å². The molecule has 4 heterocycles. The fourth-order valence-electron chi connectivity index (χ4n) is 3.50. The van der Waals surface area contributed by atoms with Crippen molar-refractivity contribution in [2.24, 2.45) is 0 Å². The van der Waals surface area contributed by atoms with Crippen LogP contribution >= 0.6 is 11.8 Å². The molecule has 2 aromatic heterocycles. The molecule has 0 aliphatic carbocycles. The Balaban J connectivity index is 1.62. The Kier molecular flexibility index (Phi) is 3.76. The van der Waals surface area contributed by atoms with Crippen molar-refractivity contribution in [3.63, 3.8) is 0 Å². The molecule has 9 heteroatoms. The minimum Gasteiger partial charge on any atom is -0.480 e. The number of hydrogen-bond donors (Lipinski definition) is 2. The number of carboxylic acid groups (broad SMARTS) is 1. The molecule has 3 aromatic rings. The van der Waals surface area contributed by atoms with Gasteiger partial charge in [0.1, 0.15) is 10.3 Å². The van der Waals surface area contributed by atoms with Crippen molar-refractivity contribution < 1.29 is 14.7 Å². The van der Waals surface area contributed by atoms with E-state index in [1.54, 1.807) is 18.3 Å². The van der Waals surface area contributed by atoms with Gasteiger partial charge in [-0.25, -0.2) is 9.78 Å². The summed E-state index contributed by atoms with van der Waals surface area (Å²) >= 11 is 1.15. The molecule has 0 saturated carbocycles. The third-order valence-electron chi connectivity index (χ3n) is 4.72. The molecule has 0 saturated heterocycles. The summed E-state index contributed by atoms with van der Waals surface area (Å²) in [6, 6.07) is 12.0. The Bertz CT molecular complexity index is 1110. The number of carbonyl (C=O) groups is 2. The third-order valence-corrected chi connectivity index (χ3v) is 5.99. The standard InChI is InChI=1S/C19H13N5O3S/c25-18(26)16-15-14-13(6-7-20-17(14)28-16)24(19(27)22-15)11-8-12(23-21-9-11)10-4-2-1-3-5-10/h1-9,15-16H,(H,22,27)(H,25,26). The molecule has 2 unspecified atom stereocenters. The normalized spacial score (nSPS) is 19.9. The average molecular weight is 391 g/mol. The SMILES string of the molecule is O=C(O)C1Sc2nccc3c2C1NC(=O)N3c1cnnc(-c2ccccc2)c1. The van der Waals surface area contributed by atoms with Crippen LogP contribution in [0.15, 0.2) is 59.9 Å². The summed E-state index contributed by atoms with van der Waals surface area (Å²) in [5, 5.41) is 20.3. The zero-order valence-electron chi connectivity index (χ0n) is 14.3. The minimum absolute atomic E-state index is 0.407. The molecule has 5 rings (SSSR count). The molecule has 1 aromatic carbocycles. The van der Waals surface area contributed by atoms with E-state index in [1.165, 1.54) is 11.1 Å². The predicted molar refractivity (Wildman–Crippen MR) is 102 cm³/mol. The lowest BCUT2D eigenvalue weighted by Gasteiger charge is -2.33. The smallest absolute Gasteiger partial charge is 0.327 e. The van der Waals surface area contributed by atoms with Crippen molar-refractivity contribution in [1.82, 2.24) is 20.5 Å². The molecule has 28 heavy (non-hydrogen) atoms. The van der Waals surface area contributed by atoms with Gasteiger partial charge in [-0.2, -0.15) is 10.2 Å². The molecular formula is C19H13N5O3S. The molecular weight excluding hydrogens is 378 g/mol. The van der Waals surface area contributed by atoms with Crippen LogP contribution in [-0.2, 0) is 4.79 Å². The summed E-state index contributed by atoms with van der Waals surface area (Å²) in [5.41, 5.74) is 3.40. The molecule has 2 amide bonds. The Morgan fingerprint density at radius 2 is 2.04 bits per heavy atom. The summed E-state index contributed by atoms with van der Waals surface area (Å²) in [7, 11) is 0. The van der Waals surface area contributed by atoms with Crippen LogP contribution in [0.25, 0.3) is 11.3 Å². The number of nitrogens with one attached hydrogen (secondary N) is 1. The molecule has 0 bridgehead atoms. The molecule has 2 aliphatic heterocycles. The van der Waals surface area contributed by atoms with Crippen molar-refractivity contribution in [2.75, 3.05) is 4.90 Å². The van der Waals surface area contributed by atoms with Crippen LogP contribution in [0, 0.1) is 0 Å². The Labute approximate surface area is 163 Å². The molecule has 0 spiro atoms. The van der Waals surface area contributed by atoms with Gasteiger partial charge in [0, 0.05) is 17.3 Å². The van der Waals surface area contributed by atoms with Gasteiger partial charge in [-0.15, -0.1) is 0 Å². The second kappa shape index (κ2) is 6.31. The van der Waals surface area contributed by atoms with Crippen molar-refractivity contribution in [2.45, 2.75) is 16.3 Å². The number of anilines is 2. The van der Waals surface area contributed by atoms with E-state index in [1.807, 2.05) is 30.3 Å². The first-order valence-electron chi connectivity index (χ1n) is 8.50. The molecule has 138 valence electrons. The van der Waals surface area contributed by atoms with Crippen molar-refractivity contribution in [3.05, 3.63) is 60.4 Å². The van der Waals surface area contributed by atoms with Crippen LogP contribution in [0.1, 0.15) is 11.6 Å². The number of aliphatic carboxylic acids is 1. The van der Waals surface area contributed by atoms with Crippen LogP contribution in [-0.4, -0.2) is 37.5 Å². The van der Waals surface area contributed by atoms with Crippen LogP contribution < -0.4 is 10.2 Å². The van der Waals surface area contributed by atoms with Gasteiger partial charge in [0.2, 0.25) is 0 Å². The largest absolute Gasteiger partial charge is 0.480 e. The van der Waals surface area contributed by atoms with E-state index in [0.717, 1.165) is 22.9 Å². The Morgan fingerprint density at radius 1 is 1.21 bits per heavy atom. The van der Waals surface area contributed by atoms with Crippen molar-refractivity contribution >= 4 is 35.1 Å². The summed E-state index contributed by atoms with van der Waals surface area (Å²) in [6.07, 6.45) is 3.09. The highest BCUT2D eigenvalue weighted by Crippen LogP contribution is 2.50. The zero-order valence-corrected chi connectivity index (χ0v) is 15.1. The molecule has 8 nitrogen and oxygen atoms in total. The monoisotopic (exact) mass is 391 g/mol. The first-order valence-corrected chi connectivity index (χ1v) is 9.38. The van der Waals surface area contributed by atoms with E-state index in [9.17, 15) is 14.7 Å².